The maximum absolute atomic E-state index is 11.9. The first-order valence-corrected chi connectivity index (χ1v) is 6.36. The SMILES string of the molecule is CCOC(=O)CCN(C)C(=O)Nc1cccc([N+](=O)[O-])c1. The van der Waals surface area contributed by atoms with Crippen LogP contribution >= 0.6 is 0 Å². The lowest BCUT2D eigenvalue weighted by molar-refractivity contribution is -0.384. The summed E-state index contributed by atoms with van der Waals surface area (Å²) in [6.07, 6.45) is 0.0900. The van der Waals surface area contributed by atoms with Crippen LogP contribution < -0.4 is 5.32 Å². The molecular weight excluding hydrogens is 278 g/mol. The van der Waals surface area contributed by atoms with Crippen molar-refractivity contribution in [3.8, 4) is 0 Å². The van der Waals surface area contributed by atoms with Gasteiger partial charge in [0.1, 0.15) is 0 Å². The highest BCUT2D eigenvalue weighted by atomic mass is 16.6. The molecule has 1 rings (SSSR count). The van der Waals surface area contributed by atoms with Crippen LogP contribution in [-0.4, -0.2) is 42.0 Å². The lowest BCUT2D eigenvalue weighted by Crippen LogP contribution is -2.33. The zero-order chi connectivity index (χ0) is 15.8. The quantitative estimate of drug-likeness (QED) is 0.491. The standard InChI is InChI=1S/C13H17N3O5/c1-3-21-12(17)7-8-15(2)13(18)14-10-5-4-6-11(9-10)16(19)20/h4-6,9H,3,7-8H2,1-2H3,(H,14,18). The van der Waals surface area contributed by atoms with Gasteiger partial charge in [0.15, 0.2) is 0 Å². The number of nitrogens with one attached hydrogen (secondary N) is 1. The first kappa shape index (κ1) is 16.4. The fourth-order valence-corrected chi connectivity index (χ4v) is 1.51. The van der Waals surface area contributed by atoms with Gasteiger partial charge in [-0.15, -0.1) is 0 Å². The van der Waals surface area contributed by atoms with Crippen LogP contribution in [0.1, 0.15) is 13.3 Å². The minimum atomic E-state index is -0.542. The van der Waals surface area contributed by atoms with Gasteiger partial charge in [-0.25, -0.2) is 4.79 Å². The molecule has 0 spiro atoms. The fraction of sp³-hybridized carbons (Fsp3) is 0.385. The van der Waals surface area contributed by atoms with Crippen LogP contribution in [0.2, 0.25) is 0 Å². The third-order valence-corrected chi connectivity index (χ3v) is 2.61. The lowest BCUT2D eigenvalue weighted by atomic mass is 10.3. The second-order valence-corrected chi connectivity index (χ2v) is 4.21. The van der Waals surface area contributed by atoms with Crippen LogP contribution in [0.15, 0.2) is 24.3 Å². The average molecular weight is 295 g/mol. The number of carbonyl (C=O) groups is 2. The van der Waals surface area contributed by atoms with Crippen LogP contribution in [0.25, 0.3) is 0 Å². The van der Waals surface area contributed by atoms with Crippen molar-refractivity contribution in [2.24, 2.45) is 0 Å². The first-order chi connectivity index (χ1) is 9.93. The summed E-state index contributed by atoms with van der Waals surface area (Å²) in [4.78, 5) is 34.5. The maximum Gasteiger partial charge on any atom is 0.321 e. The third-order valence-electron chi connectivity index (χ3n) is 2.61. The van der Waals surface area contributed by atoms with E-state index in [0.717, 1.165) is 0 Å². The van der Waals surface area contributed by atoms with E-state index < -0.39 is 11.0 Å². The highest BCUT2D eigenvalue weighted by Gasteiger charge is 2.13. The summed E-state index contributed by atoms with van der Waals surface area (Å²) in [6, 6.07) is 5.16. The number of carbonyl (C=O) groups excluding carboxylic acids is 2. The molecule has 0 aliphatic heterocycles. The molecule has 8 heteroatoms. The Morgan fingerprint density at radius 3 is 2.76 bits per heavy atom. The van der Waals surface area contributed by atoms with Gasteiger partial charge in [-0.2, -0.15) is 0 Å². The van der Waals surface area contributed by atoms with E-state index in [2.05, 4.69) is 5.32 Å². The minimum absolute atomic E-state index is 0.0900. The van der Waals surface area contributed by atoms with E-state index >= 15 is 0 Å². The van der Waals surface area contributed by atoms with E-state index in [0.29, 0.717) is 12.3 Å². The number of nitro groups is 1. The Bertz CT molecular complexity index is 532. The van der Waals surface area contributed by atoms with Crippen molar-refractivity contribution in [1.82, 2.24) is 4.90 Å². The van der Waals surface area contributed by atoms with E-state index in [4.69, 9.17) is 4.74 Å². The van der Waals surface area contributed by atoms with Gasteiger partial charge in [0, 0.05) is 31.4 Å². The molecule has 21 heavy (non-hydrogen) atoms. The van der Waals surface area contributed by atoms with Crippen molar-refractivity contribution in [2.45, 2.75) is 13.3 Å². The van der Waals surface area contributed by atoms with Crippen molar-refractivity contribution in [3.05, 3.63) is 34.4 Å². The highest BCUT2D eigenvalue weighted by Crippen LogP contribution is 2.17. The average Bonchev–Trinajstić information content (AvgIpc) is 2.45. The van der Waals surface area contributed by atoms with Gasteiger partial charge in [-0.3, -0.25) is 14.9 Å². The van der Waals surface area contributed by atoms with Crippen molar-refractivity contribution in [3.63, 3.8) is 0 Å². The number of esters is 1. The van der Waals surface area contributed by atoms with Gasteiger partial charge in [0.2, 0.25) is 0 Å². The number of anilines is 1. The molecule has 0 radical (unpaired) electrons. The monoisotopic (exact) mass is 295 g/mol. The predicted molar refractivity (Wildman–Crippen MR) is 76.0 cm³/mol. The Kier molecular flexibility index (Phi) is 6.12. The van der Waals surface area contributed by atoms with Gasteiger partial charge >= 0.3 is 12.0 Å². The Hall–Kier alpha value is -2.64. The van der Waals surface area contributed by atoms with E-state index in [1.54, 1.807) is 13.0 Å². The number of nitrogens with zero attached hydrogens (tertiary/aromatic N) is 2. The van der Waals surface area contributed by atoms with Crippen LogP contribution in [0.5, 0.6) is 0 Å². The van der Waals surface area contributed by atoms with Gasteiger partial charge in [-0.1, -0.05) is 6.07 Å². The molecule has 0 saturated carbocycles. The summed E-state index contributed by atoms with van der Waals surface area (Å²) in [7, 11) is 1.52. The summed E-state index contributed by atoms with van der Waals surface area (Å²) in [6.45, 7) is 2.19. The molecule has 2 amide bonds. The second kappa shape index (κ2) is 7.83. The molecule has 1 aromatic carbocycles. The van der Waals surface area contributed by atoms with Crippen molar-refractivity contribution >= 4 is 23.4 Å². The zero-order valence-corrected chi connectivity index (χ0v) is 11.9. The van der Waals surface area contributed by atoms with Gasteiger partial charge in [0.05, 0.1) is 18.0 Å². The number of rotatable bonds is 6. The Balaban J connectivity index is 2.54. The van der Waals surface area contributed by atoms with Crippen LogP contribution in [-0.2, 0) is 9.53 Å². The molecule has 0 bridgehead atoms. The third kappa shape index (κ3) is 5.47. The number of urea groups is 1. The fourth-order valence-electron chi connectivity index (χ4n) is 1.51. The van der Waals surface area contributed by atoms with Crippen LogP contribution in [0, 0.1) is 10.1 Å². The molecule has 0 aliphatic carbocycles. The van der Waals surface area contributed by atoms with E-state index in [9.17, 15) is 19.7 Å². The second-order valence-electron chi connectivity index (χ2n) is 4.21. The van der Waals surface area contributed by atoms with E-state index in [1.165, 1.54) is 30.1 Å². The highest BCUT2D eigenvalue weighted by molar-refractivity contribution is 5.89. The maximum atomic E-state index is 11.9. The van der Waals surface area contributed by atoms with Gasteiger partial charge in [0.25, 0.3) is 5.69 Å². The number of non-ortho nitro benzene ring substituents is 1. The number of hydrogen-bond donors (Lipinski definition) is 1. The molecule has 0 heterocycles. The molecule has 0 atom stereocenters. The smallest absolute Gasteiger partial charge is 0.321 e. The normalized spacial score (nSPS) is 9.81. The summed E-state index contributed by atoms with van der Waals surface area (Å²) in [5.41, 5.74) is 0.208. The van der Waals surface area contributed by atoms with E-state index in [1.807, 2.05) is 0 Å². The van der Waals surface area contributed by atoms with Crippen LogP contribution in [0.4, 0.5) is 16.2 Å². The summed E-state index contributed by atoms with van der Waals surface area (Å²) in [5.74, 6) is -0.382. The predicted octanol–water partition coefficient (Wildman–Crippen LogP) is 2.01. The number of amides is 2. The molecule has 0 fully saturated rings. The molecule has 0 aliphatic rings. The van der Waals surface area contributed by atoms with E-state index in [-0.39, 0.29) is 24.6 Å². The Morgan fingerprint density at radius 1 is 1.43 bits per heavy atom. The molecular formula is C13H17N3O5. The van der Waals surface area contributed by atoms with Gasteiger partial charge in [-0.05, 0) is 13.0 Å². The molecule has 114 valence electrons. The molecule has 1 aromatic rings. The summed E-state index contributed by atoms with van der Waals surface area (Å²) < 4.78 is 4.76. The number of benzene rings is 1. The zero-order valence-electron chi connectivity index (χ0n) is 11.9. The van der Waals surface area contributed by atoms with Crippen molar-refractivity contribution in [2.75, 3.05) is 25.5 Å². The Labute approximate surface area is 121 Å². The van der Waals surface area contributed by atoms with Crippen molar-refractivity contribution in [1.29, 1.82) is 0 Å². The number of hydrogen-bond acceptors (Lipinski definition) is 5. The van der Waals surface area contributed by atoms with Gasteiger partial charge < -0.3 is 15.0 Å². The summed E-state index contributed by atoms with van der Waals surface area (Å²) in [5, 5.41) is 13.2. The van der Waals surface area contributed by atoms with Crippen molar-refractivity contribution < 1.29 is 19.2 Å². The van der Waals surface area contributed by atoms with Crippen LogP contribution in [0.3, 0.4) is 0 Å². The molecule has 0 unspecified atom stereocenters. The Morgan fingerprint density at radius 2 is 2.14 bits per heavy atom. The lowest BCUT2D eigenvalue weighted by Gasteiger charge is -2.17. The summed E-state index contributed by atoms with van der Waals surface area (Å²) >= 11 is 0. The molecule has 0 aromatic heterocycles. The first-order valence-electron chi connectivity index (χ1n) is 6.36. The molecule has 8 nitrogen and oxygen atoms in total. The minimum Gasteiger partial charge on any atom is -0.466 e. The number of ether oxygens (including phenoxy) is 1. The number of nitro benzene ring substituents is 1. The largest absolute Gasteiger partial charge is 0.466 e. The molecule has 0 saturated heterocycles. The topological polar surface area (TPSA) is 102 Å². The molecule has 1 N–H and O–H groups in total.